The van der Waals surface area contributed by atoms with Crippen molar-refractivity contribution >= 4 is 11.8 Å². The maximum absolute atomic E-state index is 11.6. The van der Waals surface area contributed by atoms with Gasteiger partial charge in [-0.05, 0) is 20.3 Å². The maximum Gasteiger partial charge on any atom is 0.272 e. The van der Waals surface area contributed by atoms with Crippen molar-refractivity contribution < 1.29 is 19.3 Å². The van der Waals surface area contributed by atoms with Gasteiger partial charge in [-0.2, -0.15) is 0 Å². The molecule has 0 rings (SSSR count). The minimum absolute atomic E-state index is 0.280. The summed E-state index contributed by atoms with van der Waals surface area (Å²) in [5, 5.41) is 2.39. The first-order chi connectivity index (χ1) is 8.84. The number of carbonyl (C=O) groups excluding carboxylic acids is 2. The molecule has 0 aromatic heterocycles. The van der Waals surface area contributed by atoms with E-state index in [1.54, 1.807) is 13.8 Å². The van der Waals surface area contributed by atoms with Crippen LogP contribution in [0.3, 0.4) is 0 Å². The van der Waals surface area contributed by atoms with Crippen LogP contribution in [-0.4, -0.2) is 49.2 Å². The molecule has 0 saturated heterocycles. The van der Waals surface area contributed by atoms with Crippen LogP contribution in [0.4, 0.5) is 0 Å². The molecule has 0 bridgehead atoms. The molecule has 0 unspecified atom stereocenters. The molecule has 0 N–H and O–H groups in total. The van der Waals surface area contributed by atoms with Crippen LogP contribution in [0, 0.1) is 0 Å². The summed E-state index contributed by atoms with van der Waals surface area (Å²) in [4.78, 5) is 33.2. The van der Waals surface area contributed by atoms with Crippen LogP contribution in [0.25, 0.3) is 0 Å². The summed E-state index contributed by atoms with van der Waals surface area (Å²) in [6.07, 6.45) is 0.514. The van der Waals surface area contributed by atoms with E-state index in [0.717, 1.165) is 0 Å². The van der Waals surface area contributed by atoms with Crippen LogP contribution >= 0.6 is 0 Å². The number of amides is 2. The van der Waals surface area contributed by atoms with Gasteiger partial charge in [0.25, 0.3) is 11.8 Å². The Labute approximate surface area is 114 Å². The fraction of sp³-hybridized carbons (Fsp3) is 0.538. The van der Waals surface area contributed by atoms with Crippen molar-refractivity contribution in [3.05, 3.63) is 24.3 Å². The summed E-state index contributed by atoms with van der Waals surface area (Å²) >= 11 is 0. The normalized spacial score (nSPS) is 9.89. The Bertz CT molecular complexity index is 332. The molecule has 0 spiro atoms. The molecule has 108 valence electrons. The summed E-state index contributed by atoms with van der Waals surface area (Å²) in [6, 6.07) is 0. The Hall–Kier alpha value is -1.66. The second kappa shape index (κ2) is 8.44. The van der Waals surface area contributed by atoms with Crippen molar-refractivity contribution in [3.8, 4) is 0 Å². The molecule has 0 aliphatic rings. The Kier molecular flexibility index (Phi) is 7.71. The fourth-order valence-corrected chi connectivity index (χ4v) is 1.34. The molecule has 19 heavy (non-hydrogen) atoms. The summed E-state index contributed by atoms with van der Waals surface area (Å²) in [5.41, 5.74) is 0.784. The molecule has 0 aromatic carbocycles. The highest BCUT2D eigenvalue weighted by molar-refractivity contribution is 5.91. The number of hydrogen-bond acceptors (Lipinski definition) is 4. The van der Waals surface area contributed by atoms with Gasteiger partial charge < -0.3 is 0 Å². The molecule has 0 aliphatic heterocycles. The predicted molar refractivity (Wildman–Crippen MR) is 71.7 cm³/mol. The first-order valence-corrected chi connectivity index (χ1v) is 5.88. The third kappa shape index (κ3) is 5.67. The number of nitrogens with zero attached hydrogens (tertiary/aromatic N) is 2. The average Bonchev–Trinajstić information content (AvgIpc) is 2.37. The third-order valence-electron chi connectivity index (χ3n) is 2.35. The lowest BCUT2D eigenvalue weighted by atomic mass is 10.3. The van der Waals surface area contributed by atoms with Gasteiger partial charge in [-0.15, -0.1) is 0 Å². The van der Waals surface area contributed by atoms with E-state index in [2.05, 4.69) is 13.2 Å². The maximum atomic E-state index is 11.6. The molecule has 6 nitrogen and oxygen atoms in total. The van der Waals surface area contributed by atoms with Crippen molar-refractivity contribution in [3.63, 3.8) is 0 Å². The molecule has 0 fully saturated rings. The number of hydrogen-bond donors (Lipinski definition) is 0. The Morgan fingerprint density at radius 1 is 0.895 bits per heavy atom. The van der Waals surface area contributed by atoms with Gasteiger partial charge in [0.05, 0.1) is 27.3 Å². The lowest BCUT2D eigenvalue weighted by Gasteiger charge is -2.23. The molecular weight excluding hydrogens is 248 g/mol. The summed E-state index contributed by atoms with van der Waals surface area (Å²) < 4.78 is 0. The van der Waals surface area contributed by atoms with Gasteiger partial charge in [0.15, 0.2) is 0 Å². The third-order valence-corrected chi connectivity index (χ3v) is 2.35. The number of carbonyl (C=O) groups is 2. The average molecular weight is 270 g/mol. The van der Waals surface area contributed by atoms with E-state index in [0.29, 0.717) is 30.7 Å². The summed E-state index contributed by atoms with van der Waals surface area (Å²) in [7, 11) is 2.82. The van der Waals surface area contributed by atoms with E-state index in [1.165, 1.54) is 24.3 Å². The van der Waals surface area contributed by atoms with Crippen LogP contribution in [0.1, 0.15) is 20.3 Å². The standard InChI is InChI=1S/C13H22N2O4/c1-10(2)12(16)14(18-5)8-7-9-15(19-6)13(17)11(3)4/h1,3,7-9H2,2,4-6H3. The van der Waals surface area contributed by atoms with Gasteiger partial charge in [-0.1, -0.05) is 13.2 Å². The van der Waals surface area contributed by atoms with Gasteiger partial charge in [-0.3, -0.25) is 19.3 Å². The van der Waals surface area contributed by atoms with E-state index in [-0.39, 0.29) is 11.8 Å². The molecule has 0 saturated carbocycles. The van der Waals surface area contributed by atoms with Crippen LogP contribution in [0.5, 0.6) is 0 Å². The molecule has 0 aliphatic carbocycles. The molecule has 0 radical (unpaired) electrons. The van der Waals surface area contributed by atoms with Crippen LogP contribution in [-0.2, 0) is 19.3 Å². The zero-order valence-electron chi connectivity index (χ0n) is 12.1. The topological polar surface area (TPSA) is 59.1 Å². The van der Waals surface area contributed by atoms with Gasteiger partial charge >= 0.3 is 0 Å². The largest absolute Gasteiger partial charge is 0.274 e. The molecule has 0 aromatic rings. The smallest absolute Gasteiger partial charge is 0.272 e. The first-order valence-electron chi connectivity index (χ1n) is 5.88. The second-order valence-electron chi connectivity index (χ2n) is 4.09. The summed E-state index contributed by atoms with van der Waals surface area (Å²) in [6.45, 7) is 11.0. The highest BCUT2D eigenvalue weighted by atomic mass is 16.7. The van der Waals surface area contributed by atoms with E-state index in [9.17, 15) is 9.59 Å². The fourth-order valence-electron chi connectivity index (χ4n) is 1.34. The van der Waals surface area contributed by atoms with E-state index in [4.69, 9.17) is 9.68 Å². The Balaban J connectivity index is 4.32. The lowest BCUT2D eigenvalue weighted by Crippen LogP contribution is -2.36. The highest BCUT2D eigenvalue weighted by Crippen LogP contribution is 2.04. The van der Waals surface area contributed by atoms with Crippen molar-refractivity contribution in [1.29, 1.82) is 0 Å². The lowest BCUT2D eigenvalue weighted by molar-refractivity contribution is -0.179. The van der Waals surface area contributed by atoms with E-state index in [1.807, 2.05) is 0 Å². The molecule has 0 heterocycles. The van der Waals surface area contributed by atoms with Gasteiger partial charge in [-0.25, -0.2) is 10.1 Å². The minimum Gasteiger partial charge on any atom is -0.274 e. The zero-order chi connectivity index (χ0) is 15.0. The van der Waals surface area contributed by atoms with Crippen molar-refractivity contribution in [2.24, 2.45) is 0 Å². The van der Waals surface area contributed by atoms with Crippen molar-refractivity contribution in [1.82, 2.24) is 10.1 Å². The Morgan fingerprint density at radius 3 is 1.42 bits per heavy atom. The van der Waals surface area contributed by atoms with Crippen LogP contribution in [0.15, 0.2) is 24.3 Å². The predicted octanol–water partition coefficient (Wildman–Crippen LogP) is 1.31. The second-order valence-corrected chi connectivity index (χ2v) is 4.09. The molecule has 0 atom stereocenters. The van der Waals surface area contributed by atoms with E-state index < -0.39 is 0 Å². The highest BCUT2D eigenvalue weighted by Gasteiger charge is 2.16. The minimum atomic E-state index is -0.280. The SMILES string of the molecule is C=C(C)C(=O)N(CCCN(OC)C(=O)C(=C)C)OC. The molecule has 2 amide bonds. The van der Waals surface area contributed by atoms with Crippen LogP contribution < -0.4 is 0 Å². The van der Waals surface area contributed by atoms with Crippen molar-refractivity contribution in [2.75, 3.05) is 27.3 Å². The quantitative estimate of drug-likeness (QED) is 0.493. The van der Waals surface area contributed by atoms with Gasteiger partial charge in [0.2, 0.25) is 0 Å². The number of rotatable bonds is 8. The summed E-state index contributed by atoms with van der Waals surface area (Å²) in [5.74, 6) is -0.560. The molecule has 6 heteroatoms. The van der Waals surface area contributed by atoms with Gasteiger partial charge in [0, 0.05) is 11.1 Å². The molecular formula is C13H22N2O4. The van der Waals surface area contributed by atoms with Crippen molar-refractivity contribution in [2.45, 2.75) is 20.3 Å². The first kappa shape index (κ1) is 17.3. The van der Waals surface area contributed by atoms with Crippen LogP contribution in [0.2, 0.25) is 0 Å². The Morgan fingerprint density at radius 2 is 1.21 bits per heavy atom. The van der Waals surface area contributed by atoms with E-state index >= 15 is 0 Å². The number of hydroxylamine groups is 4. The monoisotopic (exact) mass is 270 g/mol. The van der Waals surface area contributed by atoms with Gasteiger partial charge in [0.1, 0.15) is 0 Å². The zero-order valence-corrected chi connectivity index (χ0v) is 12.1.